The van der Waals surface area contributed by atoms with Gasteiger partial charge in [-0.25, -0.2) is 13.4 Å². The van der Waals surface area contributed by atoms with Gasteiger partial charge in [0.25, 0.3) is 0 Å². The van der Waals surface area contributed by atoms with Crippen LogP contribution in [0, 0.1) is 0 Å². The lowest BCUT2D eigenvalue weighted by Crippen LogP contribution is -2.53. The summed E-state index contributed by atoms with van der Waals surface area (Å²) in [6.07, 6.45) is 1.37. The van der Waals surface area contributed by atoms with Gasteiger partial charge in [0.05, 0.1) is 25.0 Å². The zero-order valence-electron chi connectivity index (χ0n) is 15.9. The highest BCUT2D eigenvalue weighted by Crippen LogP contribution is 2.13. The third kappa shape index (κ3) is 4.98. The fourth-order valence-electron chi connectivity index (χ4n) is 2.94. The normalized spacial score (nSPS) is 16.2. The van der Waals surface area contributed by atoms with E-state index in [0.717, 1.165) is 5.69 Å². The lowest BCUT2D eigenvalue weighted by atomic mass is 10.3. The molecular weight excluding hydrogens is 384 g/mol. The molecule has 0 bridgehead atoms. The summed E-state index contributed by atoms with van der Waals surface area (Å²) in [6.45, 7) is 2.36. The molecule has 0 unspecified atom stereocenters. The Kier molecular flexibility index (Phi) is 6.47. The fraction of sp³-hybridized carbons (Fsp3) is 0.471. The van der Waals surface area contributed by atoms with Crippen molar-refractivity contribution in [2.45, 2.75) is 12.3 Å². The van der Waals surface area contributed by atoms with Crippen LogP contribution in [0.3, 0.4) is 0 Å². The highest BCUT2D eigenvalue weighted by molar-refractivity contribution is 7.88. The summed E-state index contributed by atoms with van der Waals surface area (Å²) in [6, 6.07) is 7.13. The summed E-state index contributed by atoms with van der Waals surface area (Å²) in [5.74, 6) is 1.11. The molecule has 1 fully saturated rings. The van der Waals surface area contributed by atoms with Gasteiger partial charge < -0.3 is 19.5 Å². The summed E-state index contributed by atoms with van der Waals surface area (Å²) >= 11 is 0. The van der Waals surface area contributed by atoms with Crippen molar-refractivity contribution in [3.8, 4) is 5.88 Å². The molecule has 11 heteroatoms. The first-order valence-corrected chi connectivity index (χ1v) is 10.5. The van der Waals surface area contributed by atoms with Crippen molar-refractivity contribution in [2.75, 3.05) is 40.3 Å². The molecule has 1 N–H and O–H groups in total. The van der Waals surface area contributed by atoms with E-state index in [1.165, 1.54) is 10.6 Å². The second-order valence-corrected chi connectivity index (χ2v) is 8.17. The molecule has 152 valence electrons. The number of ether oxygens (including phenoxy) is 1. The second kappa shape index (κ2) is 9.02. The first kappa shape index (κ1) is 20.1. The van der Waals surface area contributed by atoms with Crippen molar-refractivity contribution in [1.82, 2.24) is 24.7 Å². The summed E-state index contributed by atoms with van der Waals surface area (Å²) in [7, 11) is -0.144. The maximum absolute atomic E-state index is 12.5. The fourth-order valence-corrected chi connectivity index (χ4v) is 4.36. The van der Waals surface area contributed by atoms with Crippen molar-refractivity contribution in [3.63, 3.8) is 0 Å². The average molecular weight is 408 g/mol. The first-order valence-electron chi connectivity index (χ1n) is 8.84. The third-order valence-electron chi connectivity index (χ3n) is 4.38. The molecule has 0 atom stereocenters. The zero-order chi connectivity index (χ0) is 20.0. The third-order valence-corrected chi connectivity index (χ3v) is 6.20. The molecule has 0 radical (unpaired) electrons. The van der Waals surface area contributed by atoms with Crippen LogP contribution in [0.2, 0.25) is 0 Å². The van der Waals surface area contributed by atoms with Crippen LogP contribution in [0.1, 0.15) is 11.4 Å². The molecular formula is C17H24N6O4S. The number of hydrogen-bond donors (Lipinski definition) is 1. The van der Waals surface area contributed by atoms with E-state index in [1.807, 2.05) is 17.0 Å². The van der Waals surface area contributed by atoms with Crippen LogP contribution >= 0.6 is 0 Å². The van der Waals surface area contributed by atoms with E-state index in [0.29, 0.717) is 50.3 Å². The van der Waals surface area contributed by atoms with Gasteiger partial charge in [-0.2, -0.15) is 4.31 Å². The number of pyridine rings is 1. The predicted octanol–water partition coefficient (Wildman–Crippen LogP) is 0.301. The average Bonchev–Trinajstić information content (AvgIpc) is 3.21. The molecule has 0 aromatic carbocycles. The highest BCUT2D eigenvalue weighted by atomic mass is 32.2. The lowest BCUT2D eigenvalue weighted by Gasteiger charge is -2.35. The molecule has 2 aromatic heterocycles. The summed E-state index contributed by atoms with van der Waals surface area (Å²) in [4.78, 5) is 10.7. The van der Waals surface area contributed by atoms with Gasteiger partial charge in [-0.1, -0.05) is 11.2 Å². The number of hydrogen-bond acceptors (Lipinski definition) is 7. The number of nitrogens with zero attached hydrogens (tertiary/aromatic N) is 5. The van der Waals surface area contributed by atoms with E-state index in [-0.39, 0.29) is 5.75 Å². The quantitative estimate of drug-likeness (QED) is 0.536. The van der Waals surface area contributed by atoms with Crippen LogP contribution in [0.15, 0.2) is 40.0 Å². The number of aromatic nitrogens is 2. The van der Waals surface area contributed by atoms with Gasteiger partial charge in [0, 0.05) is 45.4 Å². The minimum Gasteiger partial charge on any atom is -0.481 e. The number of guanidine groups is 1. The largest absolute Gasteiger partial charge is 0.481 e. The number of rotatable bonds is 6. The Hall–Kier alpha value is -2.66. The van der Waals surface area contributed by atoms with Crippen molar-refractivity contribution < 1.29 is 17.7 Å². The molecule has 1 aliphatic heterocycles. The van der Waals surface area contributed by atoms with E-state index in [2.05, 4.69) is 20.4 Å². The number of nitrogens with one attached hydrogen (secondary N) is 1. The smallest absolute Gasteiger partial charge is 0.220 e. The monoisotopic (exact) mass is 408 g/mol. The van der Waals surface area contributed by atoms with Crippen LogP contribution < -0.4 is 10.1 Å². The van der Waals surface area contributed by atoms with Crippen molar-refractivity contribution in [2.24, 2.45) is 4.99 Å². The Morgan fingerprint density at radius 2 is 2.04 bits per heavy atom. The van der Waals surface area contributed by atoms with E-state index in [1.54, 1.807) is 26.3 Å². The van der Waals surface area contributed by atoms with Crippen LogP contribution in [-0.2, 0) is 22.3 Å². The van der Waals surface area contributed by atoms with Gasteiger partial charge in [-0.05, 0) is 6.07 Å². The van der Waals surface area contributed by atoms with Gasteiger partial charge in [0.2, 0.25) is 15.9 Å². The Labute approximate surface area is 164 Å². The predicted molar refractivity (Wildman–Crippen MR) is 103 cm³/mol. The summed E-state index contributed by atoms with van der Waals surface area (Å²) in [5, 5.41) is 6.95. The molecule has 0 amide bonds. The number of piperazine rings is 1. The van der Waals surface area contributed by atoms with Crippen molar-refractivity contribution >= 4 is 16.0 Å². The van der Waals surface area contributed by atoms with Gasteiger partial charge in [-0.3, -0.25) is 4.99 Å². The SMILES string of the molecule is CN=C(NCc1cccc(OC)n1)N1CCN(S(=O)(=O)Cc2ccon2)CC1. The molecule has 1 aliphatic rings. The van der Waals surface area contributed by atoms with E-state index in [4.69, 9.17) is 9.26 Å². The zero-order valence-corrected chi connectivity index (χ0v) is 16.7. The minimum atomic E-state index is -3.43. The Morgan fingerprint density at radius 1 is 1.25 bits per heavy atom. The van der Waals surface area contributed by atoms with E-state index < -0.39 is 10.0 Å². The van der Waals surface area contributed by atoms with Crippen molar-refractivity contribution in [1.29, 1.82) is 0 Å². The molecule has 28 heavy (non-hydrogen) atoms. The Morgan fingerprint density at radius 3 is 2.68 bits per heavy atom. The maximum Gasteiger partial charge on any atom is 0.220 e. The van der Waals surface area contributed by atoms with E-state index >= 15 is 0 Å². The standard InChI is InChI=1S/C17H24N6O4S/c1-18-17(19-12-14-4-3-5-16(20-14)26-2)22-7-9-23(10-8-22)28(24,25)13-15-6-11-27-21-15/h3-6,11H,7-10,12-13H2,1-2H3,(H,18,19). The van der Waals surface area contributed by atoms with Crippen LogP contribution in [0.4, 0.5) is 0 Å². The Balaban J connectivity index is 1.53. The number of methoxy groups -OCH3 is 1. The van der Waals surface area contributed by atoms with Crippen LogP contribution in [0.25, 0.3) is 0 Å². The molecule has 3 rings (SSSR count). The number of aliphatic imine (C=N–C) groups is 1. The molecule has 1 saturated heterocycles. The second-order valence-electron chi connectivity index (χ2n) is 6.21. The van der Waals surface area contributed by atoms with Crippen LogP contribution in [0.5, 0.6) is 5.88 Å². The topological polar surface area (TPSA) is 113 Å². The van der Waals surface area contributed by atoms with E-state index in [9.17, 15) is 8.42 Å². The first-order chi connectivity index (χ1) is 13.5. The molecule has 0 saturated carbocycles. The van der Waals surface area contributed by atoms with Gasteiger partial charge >= 0.3 is 0 Å². The maximum atomic E-state index is 12.5. The van der Waals surface area contributed by atoms with Gasteiger partial charge in [0.15, 0.2) is 5.96 Å². The molecule has 0 spiro atoms. The van der Waals surface area contributed by atoms with Crippen molar-refractivity contribution in [3.05, 3.63) is 41.9 Å². The molecule has 0 aliphatic carbocycles. The summed E-state index contributed by atoms with van der Waals surface area (Å²) in [5.41, 5.74) is 1.24. The lowest BCUT2D eigenvalue weighted by molar-refractivity contribution is 0.259. The highest BCUT2D eigenvalue weighted by Gasteiger charge is 2.28. The minimum absolute atomic E-state index is 0.155. The molecule has 10 nitrogen and oxygen atoms in total. The number of sulfonamides is 1. The molecule has 2 aromatic rings. The Bertz CT molecular complexity index is 892. The van der Waals surface area contributed by atoms with Gasteiger partial charge in [-0.15, -0.1) is 0 Å². The molecule has 3 heterocycles. The van der Waals surface area contributed by atoms with Gasteiger partial charge in [0.1, 0.15) is 12.0 Å². The summed E-state index contributed by atoms with van der Waals surface area (Å²) < 4.78 is 36.4. The van der Waals surface area contributed by atoms with Crippen LogP contribution in [-0.4, -0.2) is 74.1 Å².